The number of rotatable bonds is 18. The van der Waals surface area contributed by atoms with Crippen LogP contribution in [0.1, 0.15) is 16.1 Å². The Morgan fingerprint density at radius 1 is 0.921 bits per heavy atom. The van der Waals surface area contributed by atoms with Crippen LogP contribution in [0, 0.1) is 0 Å². The minimum atomic E-state index is -0.211. The van der Waals surface area contributed by atoms with Gasteiger partial charge in [0.15, 0.2) is 0 Å². The molecule has 0 spiro atoms. The van der Waals surface area contributed by atoms with Gasteiger partial charge < -0.3 is 36.5 Å². The van der Waals surface area contributed by atoms with Crippen LogP contribution in [0.3, 0.4) is 0 Å². The summed E-state index contributed by atoms with van der Waals surface area (Å²) in [4.78, 5) is 30.2. The van der Waals surface area contributed by atoms with E-state index in [0.29, 0.717) is 81.7 Å². The van der Waals surface area contributed by atoms with E-state index in [1.807, 2.05) is 24.3 Å². The van der Waals surface area contributed by atoms with Crippen LogP contribution in [-0.2, 0) is 15.9 Å². The summed E-state index contributed by atoms with van der Waals surface area (Å²) in [7, 11) is 0. The normalized spacial score (nSPS) is 10.6. The van der Waals surface area contributed by atoms with Gasteiger partial charge >= 0.3 is 0 Å². The van der Waals surface area contributed by atoms with Gasteiger partial charge in [-0.3, -0.25) is 9.78 Å². The van der Waals surface area contributed by atoms with E-state index in [1.165, 1.54) is 0 Å². The quantitative estimate of drug-likeness (QED) is 0.123. The van der Waals surface area contributed by atoms with Gasteiger partial charge in [0.25, 0.3) is 5.91 Å². The first-order valence-electron chi connectivity index (χ1n) is 12.4. The number of nitrogens with zero attached hydrogens (tertiary/aromatic N) is 4. The number of carbonyl (C=O) groups is 1. The second-order valence-corrected chi connectivity index (χ2v) is 7.95. The maximum atomic E-state index is 12.6. The second-order valence-electron chi connectivity index (χ2n) is 7.95. The number of pyridine rings is 1. The first kappa shape index (κ1) is 28.4. The lowest BCUT2D eigenvalue weighted by molar-refractivity contribution is 0.0511. The minimum Gasteiger partial charge on any atom is -0.378 e. The predicted octanol–water partition coefficient (Wildman–Crippen LogP) is 1.98. The van der Waals surface area contributed by atoms with E-state index in [-0.39, 0.29) is 5.91 Å². The van der Waals surface area contributed by atoms with E-state index in [4.69, 9.17) is 15.2 Å². The monoisotopic (exact) mass is 521 g/mol. The number of ether oxygens (including phenoxy) is 2. The van der Waals surface area contributed by atoms with Crippen molar-refractivity contribution in [3.8, 4) is 0 Å². The van der Waals surface area contributed by atoms with Gasteiger partial charge in [0.2, 0.25) is 17.8 Å². The summed E-state index contributed by atoms with van der Waals surface area (Å²) in [5.41, 5.74) is 7.48. The Morgan fingerprint density at radius 3 is 2.47 bits per heavy atom. The van der Waals surface area contributed by atoms with E-state index < -0.39 is 0 Å². The van der Waals surface area contributed by atoms with Gasteiger partial charge in [0.1, 0.15) is 0 Å². The molecule has 38 heavy (non-hydrogen) atoms. The van der Waals surface area contributed by atoms with Gasteiger partial charge in [-0.25, -0.2) is 0 Å². The van der Waals surface area contributed by atoms with Crippen LogP contribution in [0.5, 0.6) is 0 Å². The fourth-order valence-corrected chi connectivity index (χ4v) is 3.21. The Kier molecular flexibility index (Phi) is 12.4. The molecule has 3 aromatic rings. The third-order valence-electron chi connectivity index (χ3n) is 4.98. The highest BCUT2D eigenvalue weighted by molar-refractivity contribution is 5.95. The van der Waals surface area contributed by atoms with Crippen molar-refractivity contribution in [1.82, 2.24) is 25.3 Å². The number of carbonyl (C=O) groups excluding carboxylic acids is 1. The van der Waals surface area contributed by atoms with Crippen molar-refractivity contribution in [2.45, 2.75) is 6.42 Å². The average molecular weight is 522 g/mol. The zero-order chi connectivity index (χ0) is 26.8. The van der Waals surface area contributed by atoms with Crippen molar-refractivity contribution in [3.63, 3.8) is 0 Å². The highest BCUT2D eigenvalue weighted by atomic mass is 16.5. The van der Waals surface area contributed by atoms with E-state index >= 15 is 0 Å². The third-order valence-corrected chi connectivity index (χ3v) is 4.98. The molecule has 2 aromatic heterocycles. The summed E-state index contributed by atoms with van der Waals surface area (Å²) < 4.78 is 10.7. The zero-order valence-corrected chi connectivity index (χ0v) is 21.4. The molecule has 0 radical (unpaired) electrons. The number of aromatic nitrogens is 4. The molecular formula is C26H35N9O3. The van der Waals surface area contributed by atoms with Crippen molar-refractivity contribution in [2.75, 3.05) is 68.6 Å². The zero-order valence-electron chi connectivity index (χ0n) is 21.4. The van der Waals surface area contributed by atoms with E-state index in [0.717, 1.165) is 12.1 Å². The first-order chi connectivity index (χ1) is 18.7. The van der Waals surface area contributed by atoms with Gasteiger partial charge in [-0.15, -0.1) is 6.58 Å². The molecule has 2 heterocycles. The second kappa shape index (κ2) is 16.6. The molecule has 0 saturated carbocycles. The largest absolute Gasteiger partial charge is 0.378 e. The average Bonchev–Trinajstić information content (AvgIpc) is 2.94. The number of amides is 1. The Morgan fingerprint density at radius 2 is 1.71 bits per heavy atom. The van der Waals surface area contributed by atoms with Gasteiger partial charge in [-0.2, -0.15) is 15.0 Å². The molecule has 0 fully saturated rings. The van der Waals surface area contributed by atoms with Crippen LogP contribution in [0.4, 0.5) is 23.5 Å². The van der Waals surface area contributed by atoms with Gasteiger partial charge in [-0.1, -0.05) is 18.2 Å². The van der Waals surface area contributed by atoms with Crippen LogP contribution in [-0.4, -0.2) is 78.4 Å². The van der Waals surface area contributed by atoms with Gasteiger partial charge in [-0.05, 0) is 30.3 Å². The minimum absolute atomic E-state index is 0.211. The summed E-state index contributed by atoms with van der Waals surface area (Å²) in [5, 5.41) is 12.3. The van der Waals surface area contributed by atoms with Crippen LogP contribution < -0.4 is 27.0 Å². The predicted molar refractivity (Wildman–Crippen MR) is 148 cm³/mol. The number of hydrogen-bond acceptors (Lipinski definition) is 11. The van der Waals surface area contributed by atoms with Crippen LogP contribution >= 0.6 is 0 Å². The summed E-state index contributed by atoms with van der Waals surface area (Å²) >= 11 is 0. The number of nitrogens with two attached hydrogens (primary N) is 1. The van der Waals surface area contributed by atoms with E-state index in [9.17, 15) is 4.79 Å². The molecule has 0 aliphatic heterocycles. The number of nitrogens with one attached hydrogen (secondary N) is 4. The molecular weight excluding hydrogens is 486 g/mol. The number of anilines is 4. The summed E-state index contributed by atoms with van der Waals surface area (Å²) in [5.74, 6) is 0.921. The molecule has 0 bridgehead atoms. The maximum absolute atomic E-state index is 12.6. The SMILES string of the molecule is C=CCNc1nc(NCCc2ccccn2)nc(Nc2cccc(C(=O)NCCOCCOCCN)c2)n1. The lowest BCUT2D eigenvalue weighted by Crippen LogP contribution is -2.27. The van der Waals surface area contributed by atoms with E-state index in [1.54, 1.807) is 30.5 Å². The van der Waals surface area contributed by atoms with E-state index in [2.05, 4.69) is 47.8 Å². The number of benzene rings is 1. The van der Waals surface area contributed by atoms with Crippen molar-refractivity contribution in [1.29, 1.82) is 0 Å². The molecule has 1 amide bonds. The fraction of sp³-hybridized carbons (Fsp3) is 0.346. The molecule has 0 unspecified atom stereocenters. The summed E-state index contributed by atoms with van der Waals surface area (Å²) in [6.07, 6.45) is 4.20. The van der Waals surface area contributed by atoms with Gasteiger partial charge in [0.05, 0.1) is 26.4 Å². The van der Waals surface area contributed by atoms with Gasteiger partial charge in [0, 0.05) is 55.7 Å². The van der Waals surface area contributed by atoms with Crippen molar-refractivity contribution in [3.05, 3.63) is 72.6 Å². The fourth-order valence-electron chi connectivity index (χ4n) is 3.21. The Bertz CT molecular complexity index is 1130. The molecule has 0 aliphatic carbocycles. The summed E-state index contributed by atoms with van der Waals surface area (Å²) in [6, 6.07) is 12.9. The lowest BCUT2D eigenvalue weighted by Gasteiger charge is -2.12. The highest BCUT2D eigenvalue weighted by Crippen LogP contribution is 2.17. The molecule has 6 N–H and O–H groups in total. The smallest absolute Gasteiger partial charge is 0.251 e. The Balaban J connectivity index is 1.56. The molecule has 1 aromatic carbocycles. The topological polar surface area (TPSA) is 161 Å². The Hall–Kier alpha value is -4.13. The molecule has 3 rings (SSSR count). The first-order valence-corrected chi connectivity index (χ1v) is 12.4. The van der Waals surface area contributed by atoms with Crippen molar-refractivity contribution >= 4 is 29.4 Å². The Labute approximate surface area is 222 Å². The third kappa shape index (κ3) is 10.5. The summed E-state index contributed by atoms with van der Waals surface area (Å²) in [6.45, 7) is 7.49. The maximum Gasteiger partial charge on any atom is 0.251 e. The molecule has 12 nitrogen and oxygen atoms in total. The molecule has 202 valence electrons. The molecule has 12 heteroatoms. The van der Waals surface area contributed by atoms with Crippen molar-refractivity contribution in [2.24, 2.45) is 5.73 Å². The van der Waals surface area contributed by atoms with Crippen LogP contribution in [0.15, 0.2) is 61.3 Å². The van der Waals surface area contributed by atoms with Crippen LogP contribution in [0.25, 0.3) is 0 Å². The highest BCUT2D eigenvalue weighted by Gasteiger charge is 2.10. The molecule has 0 aliphatic rings. The van der Waals surface area contributed by atoms with Crippen molar-refractivity contribution < 1.29 is 14.3 Å². The molecule has 0 saturated heterocycles. The van der Waals surface area contributed by atoms with Crippen LogP contribution in [0.2, 0.25) is 0 Å². The molecule has 0 atom stereocenters. The lowest BCUT2D eigenvalue weighted by atomic mass is 10.2. The standard InChI is InChI=1S/C26H35N9O3/c1-2-11-30-24-33-25(31-13-9-21-7-3-4-12-28-21)35-26(34-24)32-22-8-5-6-20(19-22)23(36)29-14-16-38-18-17-37-15-10-27/h2-8,12,19H,1,9-11,13-18,27H2,(H,29,36)(H3,30,31,32,33,34,35). The number of hydrogen-bond donors (Lipinski definition) is 5.